The molecule has 0 aliphatic carbocycles. The monoisotopic (exact) mass is 906 g/mol. The van der Waals surface area contributed by atoms with Gasteiger partial charge in [-0.15, -0.1) is 10.2 Å². The van der Waals surface area contributed by atoms with Gasteiger partial charge in [0.25, 0.3) is 11.8 Å². The Bertz CT molecular complexity index is 2310. The zero-order valence-electron chi connectivity index (χ0n) is 35.4. The average molecular weight is 907 g/mol. The molecule has 0 saturated carbocycles. The van der Waals surface area contributed by atoms with E-state index >= 15 is 0 Å². The molecule has 0 unspecified atom stereocenters. The predicted molar refractivity (Wildman–Crippen MR) is 253 cm³/mol. The number of carbonyl (C=O) groups excluding carboxylic acids is 2. The summed E-state index contributed by atoms with van der Waals surface area (Å²) in [7, 11) is 3.27. The van der Waals surface area contributed by atoms with E-state index < -0.39 is 0 Å². The highest BCUT2D eigenvalue weighted by Gasteiger charge is 2.17. The van der Waals surface area contributed by atoms with Crippen LogP contribution in [0.4, 0.5) is 34.1 Å². The van der Waals surface area contributed by atoms with Gasteiger partial charge < -0.3 is 40.9 Å². The average Bonchev–Trinajstić information content (AvgIpc) is 3.31. The number of hydrogen-bond acceptors (Lipinski definition) is 14. The largest absolute Gasteiger partial charge is 0.395 e. The van der Waals surface area contributed by atoms with Crippen molar-refractivity contribution in [3.05, 3.63) is 122 Å². The Morgan fingerprint density at radius 1 is 0.500 bits per heavy atom. The fraction of sp³-hybridized carbons (Fsp3) is 0.304. The van der Waals surface area contributed by atoms with Gasteiger partial charge >= 0.3 is 0 Å². The number of carbonyl (C=O) groups is 2. The molecule has 18 heteroatoms. The van der Waals surface area contributed by atoms with E-state index in [2.05, 4.69) is 31.1 Å². The number of pyridine rings is 2. The summed E-state index contributed by atoms with van der Waals surface area (Å²) in [5, 5.41) is 62.9. The van der Waals surface area contributed by atoms with Crippen LogP contribution in [0, 0.1) is 0 Å². The molecule has 0 atom stereocenters. The maximum atomic E-state index is 12.9. The van der Waals surface area contributed by atoms with Crippen LogP contribution in [0.15, 0.2) is 142 Å². The number of benzene rings is 4. The second-order valence-electron chi connectivity index (χ2n) is 14.3. The first kappa shape index (κ1) is 47.5. The molecule has 6 N–H and O–H groups in total. The number of anilines is 2. The first-order chi connectivity index (χ1) is 31.4. The van der Waals surface area contributed by atoms with Crippen molar-refractivity contribution >= 4 is 89.3 Å². The van der Waals surface area contributed by atoms with Gasteiger partial charge in [0, 0.05) is 86.4 Å². The molecule has 6 aromatic rings. The van der Waals surface area contributed by atoms with Crippen molar-refractivity contribution in [3.8, 4) is 0 Å². The Morgan fingerprint density at radius 2 is 0.891 bits per heavy atom. The fourth-order valence-corrected chi connectivity index (χ4v) is 8.75. The molecule has 334 valence electrons. The topological polar surface area (TPSA) is 203 Å². The lowest BCUT2D eigenvalue weighted by Crippen LogP contribution is -2.43. The summed E-state index contributed by atoms with van der Waals surface area (Å²) in [6.45, 7) is 2.95. The van der Waals surface area contributed by atoms with Crippen LogP contribution in [-0.2, 0) is 22.7 Å². The van der Waals surface area contributed by atoms with Gasteiger partial charge in [0.2, 0.25) is 24.1 Å². The lowest BCUT2D eigenvalue weighted by Gasteiger charge is -2.22. The number of aliphatic hydroxyl groups excluding tert-OH is 4. The van der Waals surface area contributed by atoms with Crippen molar-refractivity contribution in [1.29, 1.82) is 0 Å². The first-order valence-electron chi connectivity index (χ1n) is 21.0. The summed E-state index contributed by atoms with van der Waals surface area (Å²) in [6.07, 6.45) is 3.74. The van der Waals surface area contributed by atoms with Gasteiger partial charge in [0.15, 0.2) is 12.4 Å². The van der Waals surface area contributed by atoms with E-state index in [0.717, 1.165) is 33.2 Å². The number of amides is 2. The number of fused-ring (bicyclic) bond motifs is 2. The molecule has 0 aliphatic rings. The van der Waals surface area contributed by atoms with Gasteiger partial charge in [-0.2, -0.15) is 19.4 Å². The molecule has 0 spiro atoms. The number of aliphatic hydroxyl groups is 4. The molecule has 16 nitrogen and oxygen atoms in total. The van der Waals surface area contributed by atoms with Crippen molar-refractivity contribution in [2.24, 2.45) is 20.5 Å². The summed E-state index contributed by atoms with van der Waals surface area (Å²) >= 11 is 0. The van der Waals surface area contributed by atoms with Gasteiger partial charge in [-0.25, -0.2) is 0 Å². The van der Waals surface area contributed by atoms with Crippen molar-refractivity contribution in [2.75, 3.05) is 87.0 Å². The number of azo groups is 2. The molecule has 2 aromatic heterocycles. The van der Waals surface area contributed by atoms with E-state index in [1.54, 1.807) is 21.6 Å². The Labute approximate surface area is 379 Å². The van der Waals surface area contributed by atoms with Gasteiger partial charge in [0.1, 0.15) is 0 Å². The second-order valence-corrected chi connectivity index (χ2v) is 17.0. The van der Waals surface area contributed by atoms with Crippen LogP contribution in [0.1, 0.15) is 0 Å². The Balaban J connectivity index is 0.908. The maximum absolute atomic E-state index is 12.9. The normalized spacial score (nSPS) is 11.5. The highest BCUT2D eigenvalue weighted by molar-refractivity contribution is 8.76. The van der Waals surface area contributed by atoms with E-state index in [9.17, 15) is 30.0 Å². The molecule has 64 heavy (non-hydrogen) atoms. The third kappa shape index (κ3) is 13.7. The van der Waals surface area contributed by atoms with Gasteiger partial charge in [0.05, 0.1) is 59.9 Å². The van der Waals surface area contributed by atoms with Crippen LogP contribution in [0.3, 0.4) is 0 Å². The number of aromatic nitrogens is 2. The SMILES string of the molecule is O=C(C[n+]1cccc2c(N=Nc3ccc(N(CCO)CCO)cc3)cccc21)NCCSSCCNC(=O)C[n+]1cccc2c(N=Nc3ccc(N(CCO)CCO)cc3)cccc21. The number of nitrogens with one attached hydrogen (secondary N) is 2. The highest BCUT2D eigenvalue weighted by Crippen LogP contribution is 2.29. The van der Waals surface area contributed by atoms with Gasteiger partial charge in [-0.1, -0.05) is 33.7 Å². The Morgan fingerprint density at radius 3 is 1.27 bits per heavy atom. The smallest absolute Gasteiger partial charge is 0.286 e. The minimum absolute atomic E-state index is 0.0114. The number of rotatable bonds is 25. The molecular formula is C46H54N10O6S2+2. The van der Waals surface area contributed by atoms with Gasteiger partial charge in [-0.05, 0) is 72.8 Å². The zero-order valence-corrected chi connectivity index (χ0v) is 37.1. The van der Waals surface area contributed by atoms with Crippen molar-refractivity contribution in [2.45, 2.75) is 13.1 Å². The van der Waals surface area contributed by atoms with Crippen molar-refractivity contribution < 1.29 is 39.1 Å². The van der Waals surface area contributed by atoms with Gasteiger partial charge in [-0.3, -0.25) is 9.59 Å². The van der Waals surface area contributed by atoms with E-state index in [-0.39, 0.29) is 51.3 Å². The molecule has 6 rings (SSSR count). The summed E-state index contributed by atoms with van der Waals surface area (Å²) in [5.74, 6) is 1.21. The maximum Gasteiger partial charge on any atom is 0.286 e. The first-order valence-corrected chi connectivity index (χ1v) is 23.5. The summed E-state index contributed by atoms with van der Waals surface area (Å²) < 4.78 is 3.78. The molecule has 0 bridgehead atoms. The van der Waals surface area contributed by atoms with Crippen LogP contribution in [0.25, 0.3) is 21.8 Å². The molecule has 2 amide bonds. The van der Waals surface area contributed by atoms with Crippen LogP contribution in [0.2, 0.25) is 0 Å². The minimum atomic E-state index is -0.104. The van der Waals surface area contributed by atoms with Crippen LogP contribution >= 0.6 is 21.6 Å². The minimum Gasteiger partial charge on any atom is -0.395 e. The van der Waals surface area contributed by atoms with E-state index in [0.29, 0.717) is 73.5 Å². The van der Waals surface area contributed by atoms with Crippen LogP contribution in [0.5, 0.6) is 0 Å². The quantitative estimate of drug-likeness (QED) is 0.0190. The van der Waals surface area contributed by atoms with Crippen molar-refractivity contribution in [3.63, 3.8) is 0 Å². The van der Waals surface area contributed by atoms with Crippen LogP contribution < -0.4 is 29.6 Å². The third-order valence-electron chi connectivity index (χ3n) is 9.98. The molecule has 0 aliphatic heterocycles. The predicted octanol–water partition coefficient (Wildman–Crippen LogP) is 5.29. The second kappa shape index (κ2) is 25.3. The lowest BCUT2D eigenvalue weighted by molar-refractivity contribution is -0.658. The molecule has 0 fully saturated rings. The summed E-state index contributed by atoms with van der Waals surface area (Å²) in [6, 6.07) is 34.0. The number of nitrogens with zero attached hydrogens (tertiary/aromatic N) is 8. The Kier molecular flexibility index (Phi) is 18.8. The third-order valence-corrected chi connectivity index (χ3v) is 12.4. The summed E-state index contributed by atoms with van der Waals surface area (Å²) in [4.78, 5) is 29.6. The van der Waals surface area contributed by atoms with Crippen LogP contribution in [-0.4, -0.2) is 109 Å². The van der Waals surface area contributed by atoms with E-state index in [1.807, 2.05) is 141 Å². The summed E-state index contributed by atoms with van der Waals surface area (Å²) in [5.41, 5.74) is 6.13. The molecule has 2 heterocycles. The molecule has 0 saturated heterocycles. The van der Waals surface area contributed by atoms with Crippen molar-refractivity contribution in [1.82, 2.24) is 10.6 Å². The fourth-order valence-electron chi connectivity index (χ4n) is 6.93. The molecule has 0 radical (unpaired) electrons. The zero-order chi connectivity index (χ0) is 44.9. The highest BCUT2D eigenvalue weighted by atomic mass is 33.1. The number of hydrogen-bond donors (Lipinski definition) is 6. The standard InChI is InChI=1S/C46H52N10O6S2/c57-27-23-53(24-28-58)37-15-11-35(12-16-37)49-51-41-7-1-9-43-39(41)5-3-21-55(43)33-45(61)47-19-31-63-64-32-20-48-46(62)34-56-22-4-6-40-42(8-2-10-44(40)56)52-50-36-13-17-38(18-14-36)54(25-29-59)26-30-60/h1-18,21-22,57-60H,19-20,23-34H2/p+2. The Hall–Kier alpha value is -6.02. The van der Waals surface area contributed by atoms with E-state index in [1.165, 1.54) is 0 Å². The van der Waals surface area contributed by atoms with E-state index in [4.69, 9.17) is 0 Å². The molecule has 4 aromatic carbocycles. The molecular weight excluding hydrogens is 853 g/mol. The lowest BCUT2D eigenvalue weighted by atomic mass is 10.2.